The van der Waals surface area contributed by atoms with E-state index in [1.165, 1.54) is 5.69 Å². The Hall–Kier alpha value is -1.03. The van der Waals surface area contributed by atoms with E-state index in [1.807, 2.05) is 11.7 Å². The molecule has 0 bridgehead atoms. The van der Waals surface area contributed by atoms with Crippen LogP contribution in [0, 0.1) is 0 Å². The molecule has 0 fully saturated rings. The molecule has 0 aromatic carbocycles. The molecule has 1 aromatic rings. The van der Waals surface area contributed by atoms with Crippen molar-refractivity contribution < 1.29 is 0 Å². The maximum atomic E-state index is 5.53. The minimum Gasteiger partial charge on any atom is -0.356 e. The van der Waals surface area contributed by atoms with Crippen molar-refractivity contribution in [1.29, 1.82) is 0 Å². The van der Waals surface area contributed by atoms with Crippen LogP contribution in [0.4, 0.5) is 5.82 Å². The molecule has 2 N–H and O–H groups in total. The number of nitrogens with two attached hydrogens (primary N) is 1. The Morgan fingerprint density at radius 3 is 2.57 bits per heavy atom. The van der Waals surface area contributed by atoms with Gasteiger partial charge in [0.25, 0.3) is 0 Å². The minimum atomic E-state index is 0.678. The van der Waals surface area contributed by atoms with Gasteiger partial charge in [-0.1, -0.05) is 0 Å². The molecule has 0 amide bonds. The van der Waals surface area contributed by atoms with Crippen LogP contribution in [0.15, 0.2) is 6.07 Å². The topological polar surface area (TPSA) is 47.1 Å². The predicted molar refractivity (Wildman–Crippen MR) is 59.5 cm³/mol. The number of rotatable bonds is 5. The van der Waals surface area contributed by atoms with Gasteiger partial charge in [0.2, 0.25) is 0 Å². The van der Waals surface area contributed by atoms with E-state index < -0.39 is 0 Å². The van der Waals surface area contributed by atoms with E-state index in [1.54, 1.807) is 0 Å². The Morgan fingerprint density at radius 1 is 1.43 bits per heavy atom. The van der Waals surface area contributed by atoms with Crippen LogP contribution in [0.5, 0.6) is 0 Å². The summed E-state index contributed by atoms with van der Waals surface area (Å²) in [6, 6.07) is 2.12. The Bertz CT molecular complexity index is 276. The molecule has 0 unspecified atom stereocenters. The van der Waals surface area contributed by atoms with Gasteiger partial charge in [0, 0.05) is 38.3 Å². The largest absolute Gasteiger partial charge is 0.356 e. The first-order valence-electron chi connectivity index (χ1n) is 5.20. The molecule has 1 rings (SSSR count). The lowest BCUT2D eigenvalue weighted by molar-refractivity contribution is 0.697. The van der Waals surface area contributed by atoms with Crippen molar-refractivity contribution in [2.45, 2.75) is 20.3 Å². The van der Waals surface area contributed by atoms with Crippen LogP contribution in [0.25, 0.3) is 0 Å². The second-order valence-electron chi connectivity index (χ2n) is 3.33. The summed E-state index contributed by atoms with van der Waals surface area (Å²) in [6.45, 7) is 6.95. The van der Waals surface area contributed by atoms with Crippen molar-refractivity contribution in [3.05, 3.63) is 11.8 Å². The summed E-state index contributed by atoms with van der Waals surface area (Å²) in [5, 5.41) is 4.46. The van der Waals surface area contributed by atoms with E-state index in [4.69, 9.17) is 5.73 Å². The van der Waals surface area contributed by atoms with Gasteiger partial charge in [-0.3, -0.25) is 4.68 Å². The Balaban J connectivity index is 2.83. The standard InChI is InChI=1S/C10H20N4/c1-4-14(5-2)10-8-9(6-7-11)13(3)12-10/h8H,4-7,11H2,1-3H3. The molecule has 0 radical (unpaired) electrons. The van der Waals surface area contributed by atoms with E-state index in [-0.39, 0.29) is 0 Å². The molecule has 0 saturated carbocycles. The molecule has 14 heavy (non-hydrogen) atoms. The molecule has 0 aliphatic carbocycles. The van der Waals surface area contributed by atoms with Crippen LogP contribution in [-0.4, -0.2) is 29.4 Å². The molecule has 1 aromatic heterocycles. The van der Waals surface area contributed by atoms with Crippen LogP contribution in [0.2, 0.25) is 0 Å². The molecule has 1 heterocycles. The van der Waals surface area contributed by atoms with Crippen molar-refractivity contribution in [3.63, 3.8) is 0 Å². The number of anilines is 1. The van der Waals surface area contributed by atoms with Crippen molar-refractivity contribution in [2.75, 3.05) is 24.5 Å². The molecule has 4 nitrogen and oxygen atoms in total. The number of hydrogen-bond donors (Lipinski definition) is 1. The number of hydrogen-bond acceptors (Lipinski definition) is 3. The van der Waals surface area contributed by atoms with Gasteiger partial charge in [-0.25, -0.2) is 0 Å². The van der Waals surface area contributed by atoms with Gasteiger partial charge in [-0.05, 0) is 20.4 Å². The Labute approximate surface area is 85.7 Å². The molecule has 0 aliphatic rings. The summed E-state index contributed by atoms with van der Waals surface area (Å²) in [5.41, 5.74) is 6.73. The summed E-state index contributed by atoms with van der Waals surface area (Å²) in [4.78, 5) is 2.24. The average Bonchev–Trinajstić information content (AvgIpc) is 2.51. The summed E-state index contributed by atoms with van der Waals surface area (Å²) in [6.07, 6.45) is 0.894. The van der Waals surface area contributed by atoms with Gasteiger partial charge in [0.1, 0.15) is 0 Å². The number of aryl methyl sites for hydroxylation is 1. The molecule has 0 spiro atoms. The SMILES string of the molecule is CCN(CC)c1cc(CCN)n(C)n1. The first-order chi connectivity index (χ1) is 6.72. The lowest BCUT2D eigenvalue weighted by Crippen LogP contribution is -2.22. The summed E-state index contributed by atoms with van der Waals surface area (Å²) in [7, 11) is 1.97. The predicted octanol–water partition coefficient (Wildman–Crippen LogP) is 0.767. The minimum absolute atomic E-state index is 0.678. The van der Waals surface area contributed by atoms with Crippen molar-refractivity contribution in [3.8, 4) is 0 Å². The second kappa shape index (κ2) is 5.00. The van der Waals surface area contributed by atoms with E-state index in [2.05, 4.69) is 29.9 Å². The highest BCUT2D eigenvalue weighted by atomic mass is 15.3. The third-order valence-corrected chi connectivity index (χ3v) is 2.45. The lowest BCUT2D eigenvalue weighted by Gasteiger charge is -2.16. The summed E-state index contributed by atoms with van der Waals surface area (Å²) >= 11 is 0. The van der Waals surface area contributed by atoms with Gasteiger partial charge >= 0.3 is 0 Å². The monoisotopic (exact) mass is 196 g/mol. The third kappa shape index (κ3) is 2.26. The zero-order valence-electron chi connectivity index (χ0n) is 9.32. The Morgan fingerprint density at radius 2 is 2.07 bits per heavy atom. The summed E-state index contributed by atoms with van der Waals surface area (Å²) < 4.78 is 1.92. The molecular weight excluding hydrogens is 176 g/mol. The normalized spacial score (nSPS) is 10.6. The van der Waals surface area contributed by atoms with E-state index in [0.717, 1.165) is 25.3 Å². The second-order valence-corrected chi connectivity index (χ2v) is 3.33. The van der Waals surface area contributed by atoms with Crippen LogP contribution < -0.4 is 10.6 Å². The van der Waals surface area contributed by atoms with Crippen LogP contribution >= 0.6 is 0 Å². The smallest absolute Gasteiger partial charge is 0.150 e. The zero-order chi connectivity index (χ0) is 10.6. The highest BCUT2D eigenvalue weighted by Crippen LogP contribution is 2.13. The first kappa shape index (κ1) is 11.0. The van der Waals surface area contributed by atoms with Crippen LogP contribution in [0.1, 0.15) is 19.5 Å². The maximum Gasteiger partial charge on any atom is 0.150 e. The molecule has 0 atom stereocenters. The van der Waals surface area contributed by atoms with E-state index >= 15 is 0 Å². The maximum absolute atomic E-state index is 5.53. The molecule has 80 valence electrons. The van der Waals surface area contributed by atoms with Gasteiger partial charge < -0.3 is 10.6 Å². The fourth-order valence-corrected chi connectivity index (χ4v) is 1.57. The first-order valence-corrected chi connectivity index (χ1v) is 5.20. The zero-order valence-corrected chi connectivity index (χ0v) is 9.32. The summed E-state index contributed by atoms with van der Waals surface area (Å²) in [5.74, 6) is 1.06. The fourth-order valence-electron chi connectivity index (χ4n) is 1.57. The van der Waals surface area contributed by atoms with Gasteiger partial charge in [-0.15, -0.1) is 0 Å². The van der Waals surface area contributed by atoms with E-state index in [9.17, 15) is 0 Å². The van der Waals surface area contributed by atoms with Crippen molar-refractivity contribution >= 4 is 5.82 Å². The van der Waals surface area contributed by atoms with Crippen molar-refractivity contribution in [2.24, 2.45) is 12.8 Å². The van der Waals surface area contributed by atoms with Crippen LogP contribution in [-0.2, 0) is 13.5 Å². The average molecular weight is 196 g/mol. The number of nitrogens with zero attached hydrogens (tertiary/aromatic N) is 3. The van der Waals surface area contributed by atoms with Crippen molar-refractivity contribution in [1.82, 2.24) is 9.78 Å². The Kier molecular flexibility index (Phi) is 3.95. The third-order valence-electron chi connectivity index (χ3n) is 2.45. The quantitative estimate of drug-likeness (QED) is 0.756. The van der Waals surface area contributed by atoms with E-state index in [0.29, 0.717) is 6.54 Å². The fraction of sp³-hybridized carbons (Fsp3) is 0.700. The van der Waals surface area contributed by atoms with Gasteiger partial charge in [0.05, 0.1) is 0 Å². The van der Waals surface area contributed by atoms with Gasteiger partial charge in [-0.2, -0.15) is 5.10 Å². The molecule has 0 saturated heterocycles. The number of aromatic nitrogens is 2. The molecular formula is C10H20N4. The highest BCUT2D eigenvalue weighted by molar-refractivity contribution is 5.39. The van der Waals surface area contributed by atoms with Gasteiger partial charge in [0.15, 0.2) is 5.82 Å². The molecule has 4 heteroatoms. The lowest BCUT2D eigenvalue weighted by atomic mass is 10.3. The highest BCUT2D eigenvalue weighted by Gasteiger charge is 2.08. The molecule has 0 aliphatic heterocycles. The van der Waals surface area contributed by atoms with Crippen LogP contribution in [0.3, 0.4) is 0 Å².